The maximum absolute atomic E-state index is 12.3. The molecule has 0 fully saturated rings. The van der Waals surface area contributed by atoms with Gasteiger partial charge in [0.15, 0.2) is 0 Å². The maximum atomic E-state index is 12.3. The molecule has 0 aliphatic rings. The standard InChI is InChI=1S/C16H22N2O2/c1-2-3-4-5-6-9-12-18-15(19)13-10-7-8-11-14(13)17-16(18)20/h7-8,10-11H,2-6,9,12H2,1H3,(H,17,20). The molecule has 0 unspecified atom stereocenters. The van der Waals surface area contributed by atoms with E-state index in [1.807, 2.05) is 12.1 Å². The first kappa shape index (κ1) is 14.6. The molecule has 4 nitrogen and oxygen atoms in total. The third kappa shape index (κ3) is 3.38. The number of unbranched alkanes of at least 4 members (excludes halogenated alkanes) is 5. The number of para-hydroxylation sites is 1. The van der Waals surface area contributed by atoms with Crippen molar-refractivity contribution < 1.29 is 0 Å². The van der Waals surface area contributed by atoms with Gasteiger partial charge in [-0.15, -0.1) is 0 Å². The van der Waals surface area contributed by atoms with E-state index in [1.54, 1.807) is 12.1 Å². The summed E-state index contributed by atoms with van der Waals surface area (Å²) in [6.07, 6.45) is 6.84. The minimum atomic E-state index is -0.303. The number of H-pyrrole nitrogens is 1. The molecule has 1 N–H and O–H groups in total. The van der Waals surface area contributed by atoms with Crippen LogP contribution < -0.4 is 11.2 Å². The summed E-state index contributed by atoms with van der Waals surface area (Å²) in [5, 5.41) is 0.582. The van der Waals surface area contributed by atoms with Gasteiger partial charge in [0, 0.05) is 6.54 Å². The van der Waals surface area contributed by atoms with Crippen molar-refractivity contribution in [3.05, 3.63) is 45.1 Å². The quantitative estimate of drug-likeness (QED) is 0.789. The number of rotatable bonds is 7. The third-order valence-electron chi connectivity index (χ3n) is 3.62. The molecule has 4 heteroatoms. The molecule has 1 aromatic heterocycles. The fraction of sp³-hybridized carbons (Fsp3) is 0.500. The molecule has 0 spiro atoms. The van der Waals surface area contributed by atoms with Gasteiger partial charge in [0.25, 0.3) is 5.56 Å². The summed E-state index contributed by atoms with van der Waals surface area (Å²) in [6, 6.07) is 7.14. The molecular formula is C16H22N2O2. The lowest BCUT2D eigenvalue weighted by atomic mass is 10.1. The summed E-state index contributed by atoms with van der Waals surface area (Å²) in [6.45, 7) is 2.69. The SMILES string of the molecule is CCCCCCCCn1c(=O)[nH]c2ccccc2c1=O. The van der Waals surface area contributed by atoms with E-state index in [2.05, 4.69) is 11.9 Å². The lowest BCUT2D eigenvalue weighted by Gasteiger charge is -2.06. The minimum Gasteiger partial charge on any atom is -0.307 e. The summed E-state index contributed by atoms with van der Waals surface area (Å²) in [7, 11) is 0. The molecule has 108 valence electrons. The fourth-order valence-corrected chi connectivity index (χ4v) is 2.45. The van der Waals surface area contributed by atoms with Crippen molar-refractivity contribution in [3.63, 3.8) is 0 Å². The zero-order valence-corrected chi connectivity index (χ0v) is 12.0. The van der Waals surface area contributed by atoms with Crippen molar-refractivity contribution in [1.82, 2.24) is 9.55 Å². The molecule has 0 atom stereocenters. The van der Waals surface area contributed by atoms with Crippen LogP contribution in [0.5, 0.6) is 0 Å². The van der Waals surface area contributed by atoms with Crippen molar-refractivity contribution in [2.75, 3.05) is 0 Å². The van der Waals surface area contributed by atoms with Gasteiger partial charge < -0.3 is 4.98 Å². The van der Waals surface area contributed by atoms with Crippen LogP contribution in [0.1, 0.15) is 45.4 Å². The van der Waals surface area contributed by atoms with Crippen LogP contribution in [0, 0.1) is 0 Å². The van der Waals surface area contributed by atoms with Crippen LogP contribution in [0.25, 0.3) is 10.9 Å². The Morgan fingerprint density at radius 3 is 2.50 bits per heavy atom. The van der Waals surface area contributed by atoms with Crippen molar-refractivity contribution in [2.45, 2.75) is 52.0 Å². The van der Waals surface area contributed by atoms with E-state index in [4.69, 9.17) is 0 Å². The van der Waals surface area contributed by atoms with Gasteiger partial charge in [0.2, 0.25) is 0 Å². The summed E-state index contributed by atoms with van der Waals surface area (Å²) in [5.74, 6) is 0. The average Bonchev–Trinajstić information content (AvgIpc) is 2.45. The maximum Gasteiger partial charge on any atom is 0.328 e. The first-order chi connectivity index (χ1) is 9.74. The largest absolute Gasteiger partial charge is 0.328 e. The van der Waals surface area contributed by atoms with E-state index in [-0.39, 0.29) is 11.2 Å². The van der Waals surface area contributed by atoms with Gasteiger partial charge in [-0.1, -0.05) is 51.2 Å². The van der Waals surface area contributed by atoms with Crippen LogP contribution >= 0.6 is 0 Å². The summed E-state index contributed by atoms with van der Waals surface area (Å²) >= 11 is 0. The van der Waals surface area contributed by atoms with Crippen LogP contribution in [0.15, 0.2) is 33.9 Å². The number of nitrogens with one attached hydrogen (secondary N) is 1. The number of benzene rings is 1. The normalized spacial score (nSPS) is 11.1. The molecule has 0 amide bonds. The molecule has 1 heterocycles. The number of nitrogens with zero attached hydrogens (tertiary/aromatic N) is 1. The molecule has 0 saturated carbocycles. The van der Waals surface area contributed by atoms with E-state index in [1.165, 1.54) is 30.3 Å². The van der Waals surface area contributed by atoms with Gasteiger partial charge in [-0.3, -0.25) is 9.36 Å². The van der Waals surface area contributed by atoms with Crippen LogP contribution in [-0.4, -0.2) is 9.55 Å². The van der Waals surface area contributed by atoms with Crippen molar-refractivity contribution in [2.24, 2.45) is 0 Å². The van der Waals surface area contributed by atoms with Gasteiger partial charge in [-0.2, -0.15) is 0 Å². The molecular weight excluding hydrogens is 252 g/mol. The second-order valence-electron chi connectivity index (χ2n) is 5.20. The van der Waals surface area contributed by atoms with E-state index in [0.717, 1.165) is 12.8 Å². The highest BCUT2D eigenvalue weighted by Crippen LogP contribution is 2.06. The summed E-state index contributed by atoms with van der Waals surface area (Å²) in [4.78, 5) is 27.0. The van der Waals surface area contributed by atoms with Crippen LogP contribution in [0.3, 0.4) is 0 Å². The molecule has 1 aromatic carbocycles. The van der Waals surface area contributed by atoms with Crippen LogP contribution in [0.4, 0.5) is 0 Å². The summed E-state index contributed by atoms with van der Waals surface area (Å²) < 4.78 is 1.32. The Morgan fingerprint density at radius 2 is 1.70 bits per heavy atom. The number of aromatic amines is 1. The molecule has 0 bridgehead atoms. The Bertz CT molecular complexity index is 670. The van der Waals surface area contributed by atoms with E-state index in [9.17, 15) is 9.59 Å². The molecule has 2 aromatic rings. The van der Waals surface area contributed by atoms with Crippen molar-refractivity contribution >= 4 is 10.9 Å². The molecule has 0 aliphatic heterocycles. The molecule has 20 heavy (non-hydrogen) atoms. The van der Waals surface area contributed by atoms with Gasteiger partial charge >= 0.3 is 5.69 Å². The van der Waals surface area contributed by atoms with Crippen LogP contribution in [0.2, 0.25) is 0 Å². The van der Waals surface area contributed by atoms with Gasteiger partial charge in [-0.05, 0) is 18.6 Å². The topological polar surface area (TPSA) is 54.9 Å². The first-order valence-corrected chi connectivity index (χ1v) is 7.46. The number of hydrogen-bond acceptors (Lipinski definition) is 2. The Hall–Kier alpha value is -1.84. The lowest BCUT2D eigenvalue weighted by Crippen LogP contribution is -2.35. The predicted molar refractivity (Wildman–Crippen MR) is 82.2 cm³/mol. The highest BCUT2D eigenvalue weighted by atomic mass is 16.2. The van der Waals surface area contributed by atoms with Gasteiger partial charge in [0.1, 0.15) is 0 Å². The highest BCUT2D eigenvalue weighted by Gasteiger charge is 2.06. The second-order valence-corrected chi connectivity index (χ2v) is 5.20. The minimum absolute atomic E-state index is 0.182. The smallest absolute Gasteiger partial charge is 0.307 e. The Kier molecular flexibility index (Phi) is 5.16. The fourth-order valence-electron chi connectivity index (χ4n) is 2.45. The Labute approximate surface area is 118 Å². The zero-order valence-electron chi connectivity index (χ0n) is 12.0. The Balaban J connectivity index is 2.07. The number of hydrogen-bond donors (Lipinski definition) is 1. The van der Waals surface area contributed by atoms with Crippen molar-refractivity contribution in [3.8, 4) is 0 Å². The molecule has 0 aliphatic carbocycles. The van der Waals surface area contributed by atoms with Crippen LogP contribution in [-0.2, 0) is 6.54 Å². The molecule has 0 radical (unpaired) electrons. The third-order valence-corrected chi connectivity index (χ3v) is 3.62. The van der Waals surface area contributed by atoms with E-state index in [0.29, 0.717) is 17.4 Å². The zero-order chi connectivity index (χ0) is 14.4. The number of fused-ring (bicyclic) bond motifs is 1. The van der Waals surface area contributed by atoms with Gasteiger partial charge in [0.05, 0.1) is 10.9 Å². The monoisotopic (exact) mass is 274 g/mol. The first-order valence-electron chi connectivity index (χ1n) is 7.46. The summed E-state index contributed by atoms with van der Waals surface area (Å²) in [5.41, 5.74) is 0.127. The second kappa shape index (κ2) is 7.08. The average molecular weight is 274 g/mol. The highest BCUT2D eigenvalue weighted by molar-refractivity contribution is 5.76. The van der Waals surface area contributed by atoms with E-state index >= 15 is 0 Å². The van der Waals surface area contributed by atoms with Crippen molar-refractivity contribution in [1.29, 1.82) is 0 Å². The number of aromatic nitrogens is 2. The molecule has 2 rings (SSSR count). The van der Waals surface area contributed by atoms with E-state index < -0.39 is 0 Å². The predicted octanol–water partition coefficient (Wildman–Crippen LogP) is 3.05. The Morgan fingerprint density at radius 1 is 1.00 bits per heavy atom. The van der Waals surface area contributed by atoms with Gasteiger partial charge in [-0.25, -0.2) is 4.79 Å². The molecule has 0 saturated heterocycles. The lowest BCUT2D eigenvalue weighted by molar-refractivity contribution is 0.538.